The van der Waals surface area contributed by atoms with E-state index in [0.717, 1.165) is 22.3 Å². The molecule has 0 saturated carbocycles. The number of hydrogen-bond acceptors (Lipinski definition) is 2. The summed E-state index contributed by atoms with van der Waals surface area (Å²) in [6, 6.07) is 10.7. The molecule has 4 nitrogen and oxygen atoms in total. The van der Waals surface area contributed by atoms with Crippen LogP contribution < -0.4 is 5.32 Å². The summed E-state index contributed by atoms with van der Waals surface area (Å²) in [7, 11) is 0. The van der Waals surface area contributed by atoms with E-state index >= 15 is 0 Å². The van der Waals surface area contributed by atoms with Crippen molar-refractivity contribution in [2.45, 2.75) is 72.5 Å². The SMILES string of the molecule is CCC(C(=O)NC(C)(C)C)N(Cc1ccc(Cl)cc1Cl)C(=O)Cc1cc(C)ccc1C. The van der Waals surface area contributed by atoms with Gasteiger partial charge in [-0.3, -0.25) is 9.59 Å². The van der Waals surface area contributed by atoms with Crippen LogP contribution in [0.1, 0.15) is 56.4 Å². The van der Waals surface area contributed by atoms with Crippen LogP contribution in [0.2, 0.25) is 10.0 Å². The fourth-order valence-corrected chi connectivity index (χ4v) is 3.93. The van der Waals surface area contributed by atoms with Crippen molar-refractivity contribution >= 4 is 35.0 Å². The summed E-state index contributed by atoms with van der Waals surface area (Å²) >= 11 is 12.4. The lowest BCUT2D eigenvalue weighted by Gasteiger charge is -2.33. The largest absolute Gasteiger partial charge is 0.350 e. The predicted molar refractivity (Wildman–Crippen MR) is 129 cm³/mol. The molecular formula is C25H32Cl2N2O2. The second-order valence-electron chi connectivity index (χ2n) is 9.03. The molecule has 0 heterocycles. The van der Waals surface area contributed by atoms with Gasteiger partial charge >= 0.3 is 0 Å². The molecular weight excluding hydrogens is 431 g/mol. The van der Waals surface area contributed by atoms with Crippen molar-refractivity contribution in [2.75, 3.05) is 0 Å². The molecule has 1 N–H and O–H groups in total. The summed E-state index contributed by atoms with van der Waals surface area (Å²) in [6.45, 7) is 11.9. The van der Waals surface area contributed by atoms with Crippen LogP contribution in [-0.2, 0) is 22.6 Å². The summed E-state index contributed by atoms with van der Waals surface area (Å²) in [5.41, 5.74) is 3.46. The van der Waals surface area contributed by atoms with Gasteiger partial charge in [-0.25, -0.2) is 0 Å². The molecule has 1 atom stereocenters. The quantitative estimate of drug-likeness (QED) is 0.558. The number of rotatable bonds is 7. The third-order valence-corrected chi connectivity index (χ3v) is 5.67. The van der Waals surface area contributed by atoms with E-state index in [1.54, 1.807) is 23.1 Å². The van der Waals surface area contributed by atoms with Gasteiger partial charge in [0.05, 0.1) is 6.42 Å². The number of carbonyl (C=O) groups is 2. The van der Waals surface area contributed by atoms with Gasteiger partial charge in [0.25, 0.3) is 0 Å². The molecule has 2 amide bonds. The lowest BCUT2D eigenvalue weighted by molar-refractivity contribution is -0.141. The van der Waals surface area contributed by atoms with Gasteiger partial charge in [-0.1, -0.05) is 60.0 Å². The van der Waals surface area contributed by atoms with E-state index < -0.39 is 11.6 Å². The van der Waals surface area contributed by atoms with E-state index in [4.69, 9.17) is 23.2 Å². The fraction of sp³-hybridized carbons (Fsp3) is 0.440. The molecule has 6 heteroatoms. The van der Waals surface area contributed by atoms with Gasteiger partial charge in [-0.2, -0.15) is 0 Å². The topological polar surface area (TPSA) is 49.4 Å². The zero-order valence-electron chi connectivity index (χ0n) is 19.2. The monoisotopic (exact) mass is 462 g/mol. The smallest absolute Gasteiger partial charge is 0.243 e. The molecule has 31 heavy (non-hydrogen) atoms. The third-order valence-electron chi connectivity index (χ3n) is 5.09. The lowest BCUT2D eigenvalue weighted by atomic mass is 10.0. The van der Waals surface area contributed by atoms with E-state index in [9.17, 15) is 9.59 Å². The van der Waals surface area contributed by atoms with Gasteiger partial charge in [0, 0.05) is 22.1 Å². The minimum absolute atomic E-state index is 0.115. The highest BCUT2D eigenvalue weighted by Gasteiger charge is 2.31. The average Bonchev–Trinajstić information content (AvgIpc) is 2.64. The molecule has 168 valence electrons. The predicted octanol–water partition coefficient (Wildman–Crippen LogP) is 5.87. The Morgan fingerprint density at radius 2 is 1.71 bits per heavy atom. The Morgan fingerprint density at radius 1 is 1.03 bits per heavy atom. The summed E-state index contributed by atoms with van der Waals surface area (Å²) < 4.78 is 0. The van der Waals surface area contributed by atoms with E-state index in [1.165, 1.54) is 0 Å². The highest BCUT2D eigenvalue weighted by Crippen LogP contribution is 2.25. The van der Waals surface area contributed by atoms with Crippen LogP contribution in [0.15, 0.2) is 36.4 Å². The van der Waals surface area contributed by atoms with Crippen LogP contribution in [0.3, 0.4) is 0 Å². The first-order valence-electron chi connectivity index (χ1n) is 10.5. The lowest BCUT2D eigenvalue weighted by Crippen LogP contribution is -2.53. The normalized spacial score (nSPS) is 12.4. The Hall–Kier alpha value is -2.04. The van der Waals surface area contributed by atoms with Crippen LogP contribution in [0, 0.1) is 13.8 Å². The first-order chi connectivity index (χ1) is 14.4. The zero-order valence-corrected chi connectivity index (χ0v) is 20.7. The zero-order chi connectivity index (χ0) is 23.3. The fourth-order valence-electron chi connectivity index (χ4n) is 3.46. The Labute approximate surface area is 195 Å². The Kier molecular flexibility index (Phi) is 8.56. The van der Waals surface area contributed by atoms with Crippen LogP contribution in [0.5, 0.6) is 0 Å². The molecule has 0 aromatic heterocycles. The van der Waals surface area contributed by atoms with Gasteiger partial charge in [-0.05, 0) is 69.9 Å². The average molecular weight is 463 g/mol. The standard InChI is InChI=1S/C25H32Cl2N2O2/c1-7-22(24(31)28-25(4,5)6)29(15-18-10-11-20(26)14-21(18)27)23(30)13-19-12-16(2)8-9-17(19)3/h8-12,14,22H,7,13,15H2,1-6H3,(H,28,31). The van der Waals surface area contributed by atoms with Gasteiger partial charge < -0.3 is 10.2 Å². The molecule has 0 spiro atoms. The van der Waals surface area contributed by atoms with Crippen molar-refractivity contribution in [2.24, 2.45) is 0 Å². The van der Waals surface area contributed by atoms with Gasteiger partial charge in [-0.15, -0.1) is 0 Å². The summed E-state index contributed by atoms with van der Waals surface area (Å²) in [4.78, 5) is 28.2. The second kappa shape index (κ2) is 10.5. The number of amides is 2. The molecule has 0 fully saturated rings. The van der Waals surface area contributed by atoms with Crippen LogP contribution in [-0.4, -0.2) is 28.3 Å². The Balaban J connectivity index is 2.40. The number of carbonyl (C=O) groups excluding carboxylic acids is 2. The number of nitrogens with zero attached hydrogens (tertiary/aromatic N) is 1. The van der Waals surface area contributed by atoms with E-state index in [2.05, 4.69) is 5.32 Å². The van der Waals surface area contributed by atoms with Crippen molar-refractivity contribution < 1.29 is 9.59 Å². The third kappa shape index (κ3) is 7.26. The molecule has 0 aliphatic heterocycles. The summed E-state index contributed by atoms with van der Waals surface area (Å²) in [6.07, 6.45) is 0.712. The van der Waals surface area contributed by atoms with Crippen LogP contribution >= 0.6 is 23.2 Å². The molecule has 0 aliphatic rings. The first kappa shape index (κ1) is 25.2. The Morgan fingerprint density at radius 3 is 2.29 bits per heavy atom. The molecule has 1 unspecified atom stereocenters. The highest BCUT2D eigenvalue weighted by atomic mass is 35.5. The highest BCUT2D eigenvalue weighted by molar-refractivity contribution is 6.35. The van der Waals surface area contributed by atoms with Crippen molar-refractivity contribution in [1.29, 1.82) is 0 Å². The maximum Gasteiger partial charge on any atom is 0.243 e. The van der Waals surface area contributed by atoms with Gasteiger partial charge in [0.15, 0.2) is 0 Å². The van der Waals surface area contributed by atoms with Gasteiger partial charge in [0.2, 0.25) is 11.8 Å². The number of aryl methyl sites for hydroxylation is 2. The minimum Gasteiger partial charge on any atom is -0.350 e. The summed E-state index contributed by atoms with van der Waals surface area (Å²) in [5.74, 6) is -0.287. The number of hydrogen-bond donors (Lipinski definition) is 1. The van der Waals surface area contributed by atoms with Crippen molar-refractivity contribution in [3.63, 3.8) is 0 Å². The van der Waals surface area contributed by atoms with E-state index in [0.29, 0.717) is 16.5 Å². The minimum atomic E-state index is -0.608. The van der Waals surface area contributed by atoms with Gasteiger partial charge in [0.1, 0.15) is 6.04 Å². The van der Waals surface area contributed by atoms with E-state index in [1.807, 2.05) is 59.7 Å². The molecule has 2 aromatic rings. The molecule has 0 aliphatic carbocycles. The number of nitrogens with one attached hydrogen (secondary N) is 1. The molecule has 2 aromatic carbocycles. The number of benzene rings is 2. The maximum atomic E-state index is 13.5. The van der Waals surface area contributed by atoms with Crippen molar-refractivity contribution in [3.8, 4) is 0 Å². The maximum absolute atomic E-state index is 13.5. The summed E-state index contributed by atoms with van der Waals surface area (Å²) in [5, 5.41) is 4.01. The number of halogens is 2. The molecule has 0 radical (unpaired) electrons. The Bertz CT molecular complexity index is 951. The van der Waals surface area contributed by atoms with Crippen LogP contribution in [0.25, 0.3) is 0 Å². The van der Waals surface area contributed by atoms with Crippen LogP contribution in [0.4, 0.5) is 0 Å². The molecule has 0 saturated heterocycles. The molecule has 0 bridgehead atoms. The van der Waals surface area contributed by atoms with Crippen molar-refractivity contribution in [1.82, 2.24) is 10.2 Å². The van der Waals surface area contributed by atoms with E-state index in [-0.39, 0.29) is 24.8 Å². The second-order valence-corrected chi connectivity index (χ2v) is 9.87. The van der Waals surface area contributed by atoms with Crippen molar-refractivity contribution in [3.05, 3.63) is 68.7 Å². The molecule has 2 rings (SSSR count). The first-order valence-corrected chi connectivity index (χ1v) is 11.3.